The number of imidazole rings is 1. The van der Waals surface area contributed by atoms with Crippen LogP contribution in [0.1, 0.15) is 40.8 Å². The zero-order valence-electron chi connectivity index (χ0n) is 11.8. The minimum Gasteiger partial charge on any atom is -0.346 e. The number of hydrogen-bond acceptors (Lipinski definition) is 3. The van der Waals surface area contributed by atoms with Gasteiger partial charge in [-0.2, -0.15) is 5.10 Å². The molecule has 1 fully saturated rings. The SMILES string of the molecule is Cc1cnc([C@H]2CCCN(C(=O)c3ccn(C)n3)C2)[nH]1. The van der Waals surface area contributed by atoms with Crippen molar-refractivity contribution >= 4 is 5.91 Å². The molecule has 20 heavy (non-hydrogen) atoms. The first-order valence-corrected chi connectivity index (χ1v) is 6.94. The Balaban J connectivity index is 1.73. The van der Waals surface area contributed by atoms with Crippen LogP contribution in [0, 0.1) is 6.92 Å². The van der Waals surface area contributed by atoms with Gasteiger partial charge in [-0.05, 0) is 25.8 Å². The van der Waals surface area contributed by atoms with Crippen molar-refractivity contribution in [1.82, 2.24) is 24.6 Å². The van der Waals surface area contributed by atoms with E-state index in [-0.39, 0.29) is 5.91 Å². The third-order valence-corrected chi connectivity index (χ3v) is 3.75. The molecule has 2 aromatic heterocycles. The quantitative estimate of drug-likeness (QED) is 0.901. The number of rotatable bonds is 2. The predicted octanol–water partition coefficient (Wildman–Crippen LogP) is 1.47. The topological polar surface area (TPSA) is 66.8 Å². The standard InChI is InChI=1S/C14H19N5O/c1-10-8-15-13(16-10)11-4-3-6-19(9-11)14(20)12-5-7-18(2)17-12/h5,7-8,11H,3-4,6,9H2,1-2H3,(H,15,16)/t11-/m0/s1. The predicted molar refractivity (Wildman–Crippen MR) is 74.4 cm³/mol. The van der Waals surface area contributed by atoms with E-state index < -0.39 is 0 Å². The van der Waals surface area contributed by atoms with Crippen molar-refractivity contribution in [3.63, 3.8) is 0 Å². The number of aromatic nitrogens is 4. The molecule has 0 aromatic carbocycles. The largest absolute Gasteiger partial charge is 0.346 e. The number of piperidine rings is 1. The van der Waals surface area contributed by atoms with Crippen molar-refractivity contribution < 1.29 is 4.79 Å². The Kier molecular flexibility index (Phi) is 3.30. The highest BCUT2D eigenvalue weighted by molar-refractivity contribution is 5.92. The fourth-order valence-corrected chi connectivity index (χ4v) is 2.72. The summed E-state index contributed by atoms with van der Waals surface area (Å²) in [5.74, 6) is 1.30. The molecule has 3 heterocycles. The number of amides is 1. The number of aryl methyl sites for hydroxylation is 2. The maximum absolute atomic E-state index is 12.4. The smallest absolute Gasteiger partial charge is 0.274 e. The highest BCUT2D eigenvalue weighted by Crippen LogP contribution is 2.25. The van der Waals surface area contributed by atoms with Crippen LogP contribution in [0.5, 0.6) is 0 Å². The van der Waals surface area contributed by atoms with Gasteiger partial charge in [-0.25, -0.2) is 4.98 Å². The summed E-state index contributed by atoms with van der Waals surface area (Å²) in [6.07, 6.45) is 5.71. The lowest BCUT2D eigenvalue weighted by Gasteiger charge is -2.31. The second-order valence-corrected chi connectivity index (χ2v) is 5.42. The molecule has 1 N–H and O–H groups in total. The van der Waals surface area contributed by atoms with Gasteiger partial charge >= 0.3 is 0 Å². The van der Waals surface area contributed by atoms with Crippen molar-refractivity contribution in [3.05, 3.63) is 35.7 Å². The summed E-state index contributed by atoms with van der Waals surface area (Å²) in [7, 11) is 1.82. The van der Waals surface area contributed by atoms with Gasteiger partial charge in [0.05, 0.1) is 0 Å². The fraction of sp³-hybridized carbons (Fsp3) is 0.500. The van der Waals surface area contributed by atoms with Crippen LogP contribution in [0.15, 0.2) is 18.5 Å². The molecule has 1 aliphatic rings. The van der Waals surface area contributed by atoms with Crippen LogP contribution in [0.3, 0.4) is 0 Å². The lowest BCUT2D eigenvalue weighted by molar-refractivity contribution is 0.0698. The Morgan fingerprint density at radius 1 is 1.50 bits per heavy atom. The Morgan fingerprint density at radius 3 is 3.00 bits per heavy atom. The molecule has 1 amide bonds. The Bertz CT molecular complexity index is 615. The van der Waals surface area contributed by atoms with Crippen LogP contribution in [-0.2, 0) is 7.05 Å². The average Bonchev–Trinajstić information content (AvgIpc) is 3.07. The molecule has 1 saturated heterocycles. The van der Waals surface area contributed by atoms with Gasteiger partial charge in [-0.1, -0.05) is 0 Å². The normalized spacial score (nSPS) is 19.3. The van der Waals surface area contributed by atoms with E-state index in [0.29, 0.717) is 18.2 Å². The number of carbonyl (C=O) groups is 1. The summed E-state index contributed by atoms with van der Waals surface area (Å²) in [4.78, 5) is 22.0. The number of nitrogens with one attached hydrogen (secondary N) is 1. The first kappa shape index (κ1) is 12.9. The minimum atomic E-state index is 0.0126. The number of carbonyl (C=O) groups excluding carboxylic acids is 1. The summed E-state index contributed by atoms with van der Waals surface area (Å²) < 4.78 is 1.66. The fourth-order valence-electron chi connectivity index (χ4n) is 2.72. The minimum absolute atomic E-state index is 0.0126. The lowest BCUT2D eigenvalue weighted by atomic mass is 9.97. The molecule has 0 unspecified atom stereocenters. The molecule has 6 nitrogen and oxygen atoms in total. The highest BCUT2D eigenvalue weighted by Gasteiger charge is 2.27. The molecule has 106 valence electrons. The van der Waals surface area contributed by atoms with Crippen LogP contribution >= 0.6 is 0 Å². The van der Waals surface area contributed by atoms with Gasteiger partial charge < -0.3 is 9.88 Å². The zero-order valence-corrected chi connectivity index (χ0v) is 11.8. The molecule has 3 rings (SSSR count). The highest BCUT2D eigenvalue weighted by atomic mass is 16.2. The third kappa shape index (κ3) is 2.45. The molecule has 0 spiro atoms. The van der Waals surface area contributed by atoms with Gasteiger partial charge in [-0.3, -0.25) is 9.48 Å². The number of H-pyrrole nitrogens is 1. The molecular formula is C14H19N5O. The van der Waals surface area contributed by atoms with Crippen LogP contribution in [0.2, 0.25) is 0 Å². The first-order valence-electron chi connectivity index (χ1n) is 6.94. The number of nitrogens with zero attached hydrogens (tertiary/aromatic N) is 4. The molecule has 0 aliphatic carbocycles. The van der Waals surface area contributed by atoms with Crippen LogP contribution in [0.4, 0.5) is 0 Å². The van der Waals surface area contributed by atoms with E-state index in [1.165, 1.54) is 0 Å². The average molecular weight is 273 g/mol. The monoisotopic (exact) mass is 273 g/mol. The third-order valence-electron chi connectivity index (χ3n) is 3.75. The first-order chi connectivity index (χ1) is 9.63. The molecular weight excluding hydrogens is 254 g/mol. The van der Waals surface area contributed by atoms with Crippen LogP contribution in [-0.4, -0.2) is 43.6 Å². The molecule has 1 aliphatic heterocycles. The summed E-state index contributed by atoms with van der Waals surface area (Å²) in [5, 5.41) is 4.19. The van der Waals surface area contributed by atoms with Gasteiger partial charge in [0.15, 0.2) is 0 Å². The van der Waals surface area contributed by atoms with Crippen molar-refractivity contribution in [2.75, 3.05) is 13.1 Å². The van der Waals surface area contributed by atoms with E-state index in [1.807, 2.05) is 25.1 Å². The summed E-state index contributed by atoms with van der Waals surface area (Å²) in [6.45, 7) is 3.50. The van der Waals surface area contributed by atoms with E-state index in [9.17, 15) is 4.79 Å². The van der Waals surface area contributed by atoms with Gasteiger partial charge in [0.2, 0.25) is 0 Å². The van der Waals surface area contributed by atoms with E-state index in [2.05, 4.69) is 15.1 Å². The number of aromatic amines is 1. The Morgan fingerprint density at radius 2 is 2.35 bits per heavy atom. The number of likely N-dealkylation sites (tertiary alicyclic amines) is 1. The van der Waals surface area contributed by atoms with Crippen molar-refractivity contribution in [1.29, 1.82) is 0 Å². The zero-order chi connectivity index (χ0) is 14.1. The number of hydrogen-bond donors (Lipinski definition) is 1. The van der Waals surface area contributed by atoms with Gasteiger partial charge in [0.1, 0.15) is 11.5 Å². The Labute approximate surface area is 117 Å². The van der Waals surface area contributed by atoms with E-state index in [0.717, 1.165) is 30.9 Å². The molecule has 0 radical (unpaired) electrons. The maximum atomic E-state index is 12.4. The van der Waals surface area contributed by atoms with Gasteiger partial charge in [0, 0.05) is 44.1 Å². The summed E-state index contributed by atoms with van der Waals surface area (Å²) in [6, 6.07) is 1.77. The van der Waals surface area contributed by atoms with Gasteiger partial charge in [-0.15, -0.1) is 0 Å². The second kappa shape index (κ2) is 5.11. The van der Waals surface area contributed by atoms with Crippen LogP contribution in [0.25, 0.3) is 0 Å². The van der Waals surface area contributed by atoms with Crippen molar-refractivity contribution in [3.8, 4) is 0 Å². The van der Waals surface area contributed by atoms with Crippen molar-refractivity contribution in [2.24, 2.45) is 7.05 Å². The van der Waals surface area contributed by atoms with E-state index >= 15 is 0 Å². The lowest BCUT2D eigenvalue weighted by Crippen LogP contribution is -2.39. The van der Waals surface area contributed by atoms with Gasteiger partial charge in [0.25, 0.3) is 5.91 Å². The van der Waals surface area contributed by atoms with E-state index in [1.54, 1.807) is 16.9 Å². The molecule has 2 aromatic rings. The summed E-state index contributed by atoms with van der Waals surface area (Å²) >= 11 is 0. The molecule has 0 bridgehead atoms. The maximum Gasteiger partial charge on any atom is 0.274 e. The summed E-state index contributed by atoms with van der Waals surface area (Å²) in [5.41, 5.74) is 1.58. The van der Waals surface area contributed by atoms with Crippen molar-refractivity contribution in [2.45, 2.75) is 25.7 Å². The molecule has 1 atom stereocenters. The molecule has 0 saturated carbocycles. The molecule has 6 heteroatoms. The van der Waals surface area contributed by atoms with Crippen LogP contribution < -0.4 is 0 Å². The van der Waals surface area contributed by atoms with E-state index in [4.69, 9.17) is 0 Å². The Hall–Kier alpha value is -2.11. The second-order valence-electron chi connectivity index (χ2n) is 5.42.